The van der Waals surface area contributed by atoms with Gasteiger partial charge in [0.05, 0.1) is 23.3 Å². The Balaban J connectivity index is 1.66. The fourth-order valence-electron chi connectivity index (χ4n) is 3.74. The number of aryl methyl sites for hydroxylation is 1. The lowest BCUT2D eigenvalue weighted by Crippen LogP contribution is -2.25. The highest BCUT2D eigenvalue weighted by Crippen LogP contribution is 2.20. The first-order valence-corrected chi connectivity index (χ1v) is 11.9. The van der Waals surface area contributed by atoms with Gasteiger partial charge in [0.15, 0.2) is 0 Å². The number of hydrogen-bond donors (Lipinski definition) is 2. The van der Waals surface area contributed by atoms with Crippen LogP contribution in [0.5, 0.6) is 0 Å². The van der Waals surface area contributed by atoms with Crippen LogP contribution in [-0.2, 0) is 22.6 Å². The van der Waals surface area contributed by atoms with E-state index in [2.05, 4.69) is 34.1 Å². The molecule has 0 unspecified atom stereocenters. The topological polar surface area (TPSA) is 113 Å². The number of hydrogen-bond acceptors (Lipinski definition) is 5. The maximum atomic E-state index is 13.0. The van der Waals surface area contributed by atoms with E-state index in [4.69, 9.17) is 0 Å². The highest BCUT2D eigenvalue weighted by Gasteiger charge is 2.13. The van der Waals surface area contributed by atoms with Crippen LogP contribution in [0.4, 0.5) is 5.69 Å². The summed E-state index contributed by atoms with van der Waals surface area (Å²) in [6.07, 6.45) is 7.23. The average Bonchev–Trinajstić information content (AvgIpc) is 3.18. The van der Waals surface area contributed by atoms with Gasteiger partial charge >= 0.3 is 0 Å². The van der Waals surface area contributed by atoms with Crippen LogP contribution in [0.15, 0.2) is 41.3 Å². The number of allylic oxidation sites excluding steroid dienone is 1. The van der Waals surface area contributed by atoms with Gasteiger partial charge in [-0.25, -0.2) is 9.97 Å². The molecule has 9 heteroatoms. The molecule has 0 aliphatic rings. The summed E-state index contributed by atoms with van der Waals surface area (Å²) in [6, 6.07) is 5.29. The highest BCUT2D eigenvalue weighted by molar-refractivity contribution is 5.90. The first-order chi connectivity index (χ1) is 16.6. The molecule has 0 bridgehead atoms. The third-order valence-electron chi connectivity index (χ3n) is 5.43. The average molecular weight is 479 g/mol. The number of aromatic nitrogens is 4. The van der Waals surface area contributed by atoms with Gasteiger partial charge in [0.25, 0.3) is 5.56 Å². The van der Waals surface area contributed by atoms with E-state index >= 15 is 0 Å². The number of carbonyl (C=O) groups excluding carboxylic acids is 2. The van der Waals surface area contributed by atoms with Crippen LogP contribution in [0, 0.1) is 12.8 Å². The number of fused-ring (bicyclic) bond motifs is 1. The Kier molecular flexibility index (Phi) is 8.57. The zero-order chi connectivity index (χ0) is 25.5. The second-order valence-corrected chi connectivity index (χ2v) is 9.30. The quantitative estimate of drug-likeness (QED) is 0.342. The van der Waals surface area contributed by atoms with Crippen LogP contribution in [0.1, 0.15) is 50.3 Å². The summed E-state index contributed by atoms with van der Waals surface area (Å²) in [6.45, 7) is 6.50. The van der Waals surface area contributed by atoms with Crippen molar-refractivity contribution in [3.05, 3.63) is 64.1 Å². The molecule has 3 heterocycles. The number of anilines is 1. The summed E-state index contributed by atoms with van der Waals surface area (Å²) < 4.78 is 1.55. The number of likely N-dealkylation sites (N-methyl/N-ethyl adjacent to an activating group) is 1. The number of unbranched alkanes of at least 4 members (excludes halogenated alkanes) is 1. The van der Waals surface area contributed by atoms with Crippen molar-refractivity contribution in [2.75, 3.05) is 19.4 Å². The molecule has 0 atom stereocenters. The molecule has 0 radical (unpaired) electrons. The molecule has 0 aliphatic heterocycles. The lowest BCUT2D eigenvalue weighted by molar-refractivity contribution is -0.123. The van der Waals surface area contributed by atoms with Gasteiger partial charge < -0.3 is 19.8 Å². The molecule has 9 nitrogen and oxygen atoms in total. The smallest absolute Gasteiger partial charge is 0.274 e. The van der Waals surface area contributed by atoms with E-state index in [9.17, 15) is 14.4 Å². The van der Waals surface area contributed by atoms with E-state index in [1.807, 2.05) is 13.0 Å². The van der Waals surface area contributed by atoms with Crippen LogP contribution >= 0.6 is 0 Å². The molecule has 2 amide bonds. The Morgan fingerprint density at radius 2 is 2.03 bits per heavy atom. The minimum atomic E-state index is -0.277. The number of pyridine rings is 1. The molecular formula is C26H34N6O3. The molecule has 3 rings (SSSR count). The standard InChI is InChI=1S/C26H34N6O3/c1-17(2)14-21-25-22(28-18(3)27-21)15-19(29-25)16-32-13-9-10-20(26(32)35)30-23(33)11-7-6-8-12-24(34)31(4)5/h8-10,12-13,15,17,29H,6-7,11,14,16H2,1-5H3,(H,30,33)/b12-8+. The molecule has 2 N–H and O–H groups in total. The summed E-state index contributed by atoms with van der Waals surface area (Å²) in [5.74, 6) is 0.855. The largest absolute Gasteiger partial charge is 0.354 e. The van der Waals surface area contributed by atoms with Gasteiger partial charge in [-0.2, -0.15) is 0 Å². The predicted octanol–water partition coefficient (Wildman–Crippen LogP) is 3.43. The minimum Gasteiger partial charge on any atom is -0.354 e. The Morgan fingerprint density at radius 3 is 2.74 bits per heavy atom. The van der Waals surface area contributed by atoms with Gasteiger partial charge in [-0.15, -0.1) is 0 Å². The molecule has 0 spiro atoms. The van der Waals surface area contributed by atoms with E-state index < -0.39 is 0 Å². The first-order valence-electron chi connectivity index (χ1n) is 11.9. The number of H-pyrrole nitrogens is 1. The third kappa shape index (κ3) is 7.11. The van der Waals surface area contributed by atoms with Gasteiger partial charge in [-0.1, -0.05) is 19.9 Å². The Hall–Kier alpha value is -3.75. The summed E-state index contributed by atoms with van der Waals surface area (Å²) in [7, 11) is 3.37. The summed E-state index contributed by atoms with van der Waals surface area (Å²) in [5.41, 5.74) is 3.52. The molecule has 0 saturated heterocycles. The highest BCUT2D eigenvalue weighted by atomic mass is 16.2. The molecule has 186 valence electrons. The summed E-state index contributed by atoms with van der Waals surface area (Å²) >= 11 is 0. The Morgan fingerprint density at radius 1 is 1.26 bits per heavy atom. The second kappa shape index (κ2) is 11.6. The van der Waals surface area contributed by atoms with Crippen LogP contribution < -0.4 is 10.9 Å². The Labute approximate surface area is 205 Å². The molecule has 0 aliphatic carbocycles. The maximum absolute atomic E-state index is 13.0. The number of nitrogens with one attached hydrogen (secondary N) is 2. The lowest BCUT2D eigenvalue weighted by Gasteiger charge is -2.09. The molecule has 0 fully saturated rings. The summed E-state index contributed by atoms with van der Waals surface area (Å²) in [4.78, 5) is 50.8. The van der Waals surface area contributed by atoms with E-state index in [1.54, 1.807) is 43.1 Å². The van der Waals surface area contributed by atoms with Crippen molar-refractivity contribution in [3.8, 4) is 0 Å². The number of amides is 2. The van der Waals surface area contributed by atoms with Crippen LogP contribution in [0.3, 0.4) is 0 Å². The third-order valence-corrected chi connectivity index (χ3v) is 5.43. The molecular weight excluding hydrogens is 444 g/mol. The molecule has 0 saturated carbocycles. The van der Waals surface area contributed by atoms with Gasteiger partial charge in [0.1, 0.15) is 11.5 Å². The maximum Gasteiger partial charge on any atom is 0.274 e. The van der Waals surface area contributed by atoms with Crippen molar-refractivity contribution in [2.45, 2.75) is 53.0 Å². The van der Waals surface area contributed by atoms with Gasteiger partial charge in [0.2, 0.25) is 11.8 Å². The zero-order valence-corrected chi connectivity index (χ0v) is 21.1. The lowest BCUT2D eigenvalue weighted by atomic mass is 10.1. The monoisotopic (exact) mass is 478 g/mol. The summed E-state index contributed by atoms with van der Waals surface area (Å²) in [5, 5.41) is 2.71. The fraction of sp³-hybridized carbons (Fsp3) is 0.423. The molecule has 35 heavy (non-hydrogen) atoms. The van der Waals surface area contributed by atoms with Crippen LogP contribution in [0.2, 0.25) is 0 Å². The van der Waals surface area contributed by atoms with Crippen molar-refractivity contribution < 1.29 is 9.59 Å². The fourth-order valence-corrected chi connectivity index (χ4v) is 3.74. The van der Waals surface area contributed by atoms with Crippen molar-refractivity contribution in [2.24, 2.45) is 5.92 Å². The van der Waals surface area contributed by atoms with Crippen molar-refractivity contribution in [3.63, 3.8) is 0 Å². The van der Waals surface area contributed by atoms with Crippen molar-refractivity contribution in [1.29, 1.82) is 0 Å². The van der Waals surface area contributed by atoms with E-state index in [1.165, 1.54) is 11.0 Å². The molecule has 3 aromatic heterocycles. The number of nitrogens with zero attached hydrogens (tertiary/aromatic N) is 4. The van der Waals surface area contributed by atoms with E-state index in [0.29, 0.717) is 25.3 Å². The van der Waals surface area contributed by atoms with Crippen LogP contribution in [0.25, 0.3) is 11.0 Å². The van der Waals surface area contributed by atoms with Crippen molar-refractivity contribution in [1.82, 2.24) is 24.4 Å². The minimum absolute atomic E-state index is 0.0902. The first kappa shape index (κ1) is 25.9. The van der Waals surface area contributed by atoms with Crippen LogP contribution in [-0.4, -0.2) is 50.3 Å². The molecule has 0 aromatic carbocycles. The number of aromatic amines is 1. The predicted molar refractivity (Wildman–Crippen MR) is 137 cm³/mol. The zero-order valence-electron chi connectivity index (χ0n) is 21.1. The Bertz CT molecular complexity index is 1290. The molecule has 3 aromatic rings. The number of carbonyl (C=O) groups is 2. The van der Waals surface area contributed by atoms with Crippen molar-refractivity contribution >= 4 is 28.5 Å². The van der Waals surface area contributed by atoms with E-state index in [0.717, 1.165) is 34.7 Å². The normalized spacial score (nSPS) is 11.5. The van der Waals surface area contributed by atoms with Gasteiger partial charge in [0, 0.05) is 32.4 Å². The van der Waals surface area contributed by atoms with Gasteiger partial charge in [-0.05, 0) is 56.4 Å². The number of rotatable bonds is 10. The second-order valence-electron chi connectivity index (χ2n) is 9.30. The van der Waals surface area contributed by atoms with Gasteiger partial charge in [-0.3, -0.25) is 14.4 Å². The van der Waals surface area contributed by atoms with E-state index in [-0.39, 0.29) is 29.5 Å². The SMILES string of the molecule is Cc1nc(CC(C)C)c2[nH]c(Cn3cccc(NC(=O)CCC/C=C/C(=O)N(C)C)c3=O)cc2n1.